The highest BCUT2D eigenvalue weighted by atomic mass is 32.1. The van der Waals surface area contributed by atoms with Crippen LogP contribution < -0.4 is 0 Å². The first-order chi connectivity index (χ1) is 8.67. The van der Waals surface area contributed by atoms with Gasteiger partial charge in [0.15, 0.2) is 0 Å². The maximum Gasteiger partial charge on any atom is 0.267 e. The molecule has 2 atom stereocenters. The normalized spacial score (nSPS) is 24.3. The summed E-state index contributed by atoms with van der Waals surface area (Å²) in [5.74, 6) is -0.0592. The fourth-order valence-electron chi connectivity index (χ4n) is 1.94. The van der Waals surface area contributed by atoms with Crippen molar-refractivity contribution in [3.05, 3.63) is 10.6 Å². The Balaban J connectivity index is 2.16. The molecule has 2 rings (SSSR count). The molecule has 1 aliphatic rings. The lowest BCUT2D eigenvalue weighted by Gasteiger charge is -2.37. The van der Waals surface area contributed by atoms with Crippen LogP contribution in [0, 0.1) is 0 Å². The number of rotatable bonds is 3. The van der Waals surface area contributed by atoms with Crippen LogP contribution in [0.25, 0.3) is 0 Å². The third-order valence-corrected chi connectivity index (χ3v) is 3.81. The van der Waals surface area contributed by atoms with E-state index in [0.717, 1.165) is 17.2 Å². The van der Waals surface area contributed by atoms with Crippen molar-refractivity contribution in [3.63, 3.8) is 0 Å². The molecule has 0 aliphatic carbocycles. The van der Waals surface area contributed by atoms with E-state index in [1.165, 1.54) is 0 Å². The second-order valence-corrected chi connectivity index (χ2v) is 5.10. The third kappa shape index (κ3) is 2.52. The van der Waals surface area contributed by atoms with E-state index in [-0.39, 0.29) is 24.7 Å². The molecule has 18 heavy (non-hydrogen) atoms. The maximum atomic E-state index is 12.4. The number of aliphatic hydroxyl groups excluding tert-OH is 1. The lowest BCUT2D eigenvalue weighted by atomic mass is 10.1. The number of aromatic nitrogens is 2. The fraction of sp³-hybridized carbons (Fsp3) is 0.727. The minimum Gasteiger partial charge on any atom is -0.394 e. The van der Waals surface area contributed by atoms with Crippen LogP contribution in [0.4, 0.5) is 0 Å². The molecule has 6 nitrogen and oxygen atoms in total. The summed E-state index contributed by atoms with van der Waals surface area (Å²) in [6.45, 7) is 4.68. The Morgan fingerprint density at radius 1 is 1.67 bits per heavy atom. The van der Waals surface area contributed by atoms with Gasteiger partial charge in [-0.3, -0.25) is 4.79 Å². The number of hydrogen-bond acceptors (Lipinski definition) is 6. The molecule has 0 spiro atoms. The van der Waals surface area contributed by atoms with Gasteiger partial charge in [-0.05, 0) is 24.9 Å². The Labute approximate surface area is 110 Å². The van der Waals surface area contributed by atoms with Crippen LogP contribution in [0.1, 0.15) is 29.2 Å². The smallest absolute Gasteiger partial charge is 0.267 e. The summed E-state index contributed by atoms with van der Waals surface area (Å²) in [6, 6.07) is 0.00658. The van der Waals surface area contributed by atoms with Crippen molar-refractivity contribution in [2.24, 2.45) is 0 Å². The average Bonchev–Trinajstić information content (AvgIpc) is 2.86. The zero-order valence-corrected chi connectivity index (χ0v) is 11.3. The fourth-order valence-corrected chi connectivity index (χ4v) is 2.65. The summed E-state index contributed by atoms with van der Waals surface area (Å²) in [4.78, 5) is 14.8. The number of carbonyl (C=O) groups excluding carboxylic acids is 1. The average molecular weight is 271 g/mol. The second kappa shape index (κ2) is 5.73. The summed E-state index contributed by atoms with van der Waals surface area (Å²) in [7, 11) is 0. The van der Waals surface area contributed by atoms with Crippen LogP contribution in [0.15, 0.2) is 0 Å². The van der Waals surface area contributed by atoms with E-state index in [1.54, 1.807) is 4.90 Å². The number of carbonyl (C=O) groups is 1. The molecule has 0 aromatic carbocycles. The van der Waals surface area contributed by atoms with Gasteiger partial charge in [0.2, 0.25) is 0 Å². The quantitative estimate of drug-likeness (QED) is 0.857. The molecular weight excluding hydrogens is 254 g/mol. The Morgan fingerprint density at radius 3 is 3.11 bits per heavy atom. The van der Waals surface area contributed by atoms with E-state index in [9.17, 15) is 4.79 Å². The third-order valence-electron chi connectivity index (χ3n) is 3.05. The Bertz CT molecular complexity index is 423. The molecular formula is C11H17N3O3S. The lowest BCUT2D eigenvalue weighted by Crippen LogP contribution is -2.52. The van der Waals surface area contributed by atoms with Crippen molar-refractivity contribution < 1.29 is 14.6 Å². The van der Waals surface area contributed by atoms with Crippen LogP contribution >= 0.6 is 11.5 Å². The van der Waals surface area contributed by atoms with Crippen LogP contribution in [-0.4, -0.2) is 57.4 Å². The Hall–Kier alpha value is -1.05. The van der Waals surface area contributed by atoms with E-state index in [4.69, 9.17) is 9.84 Å². The van der Waals surface area contributed by atoms with Gasteiger partial charge >= 0.3 is 0 Å². The molecule has 2 unspecified atom stereocenters. The van der Waals surface area contributed by atoms with Crippen molar-refractivity contribution in [1.29, 1.82) is 0 Å². The highest BCUT2D eigenvalue weighted by Gasteiger charge is 2.31. The number of amides is 1. The molecule has 1 amide bonds. The molecule has 0 saturated carbocycles. The monoisotopic (exact) mass is 271 g/mol. The van der Waals surface area contributed by atoms with Gasteiger partial charge in [0.05, 0.1) is 31.1 Å². The number of aliphatic hydroxyl groups is 1. The first-order valence-corrected chi connectivity index (χ1v) is 6.79. The maximum absolute atomic E-state index is 12.4. The zero-order valence-electron chi connectivity index (χ0n) is 10.5. The molecule has 1 N–H and O–H groups in total. The van der Waals surface area contributed by atoms with Crippen LogP contribution in [0.3, 0.4) is 0 Å². The van der Waals surface area contributed by atoms with Crippen molar-refractivity contribution in [3.8, 4) is 0 Å². The van der Waals surface area contributed by atoms with E-state index in [1.807, 2.05) is 13.8 Å². The number of aryl methyl sites for hydroxylation is 1. The Kier molecular flexibility index (Phi) is 4.26. The molecule has 100 valence electrons. The van der Waals surface area contributed by atoms with Crippen molar-refractivity contribution in [1.82, 2.24) is 14.5 Å². The predicted octanol–water partition coefficient (Wildman–Crippen LogP) is 0.322. The van der Waals surface area contributed by atoms with Crippen LogP contribution in [0.5, 0.6) is 0 Å². The van der Waals surface area contributed by atoms with Crippen molar-refractivity contribution >= 4 is 17.4 Å². The summed E-state index contributed by atoms with van der Waals surface area (Å²) >= 11 is 1.13. The molecule has 1 aromatic rings. The first-order valence-electron chi connectivity index (χ1n) is 6.02. The molecule has 1 saturated heterocycles. The molecule has 1 aliphatic heterocycles. The number of hydrogen-bond donors (Lipinski definition) is 1. The van der Waals surface area contributed by atoms with Crippen molar-refractivity contribution in [2.75, 3.05) is 19.8 Å². The van der Waals surface area contributed by atoms with Gasteiger partial charge in [-0.15, -0.1) is 5.10 Å². The largest absolute Gasteiger partial charge is 0.394 e. The lowest BCUT2D eigenvalue weighted by molar-refractivity contribution is -0.0666. The van der Waals surface area contributed by atoms with Gasteiger partial charge in [-0.1, -0.05) is 11.4 Å². The molecule has 1 fully saturated rings. The van der Waals surface area contributed by atoms with E-state index in [0.29, 0.717) is 24.4 Å². The van der Waals surface area contributed by atoms with E-state index in [2.05, 4.69) is 9.59 Å². The second-order valence-electron chi connectivity index (χ2n) is 4.35. The summed E-state index contributed by atoms with van der Waals surface area (Å²) in [6.07, 6.45) is 0.399. The highest BCUT2D eigenvalue weighted by Crippen LogP contribution is 2.19. The molecule has 0 bridgehead atoms. The van der Waals surface area contributed by atoms with Gasteiger partial charge in [-0.25, -0.2) is 0 Å². The van der Waals surface area contributed by atoms with E-state index < -0.39 is 0 Å². The molecule has 2 heterocycles. The molecule has 0 radical (unpaired) electrons. The van der Waals surface area contributed by atoms with Gasteiger partial charge in [0, 0.05) is 6.54 Å². The topological polar surface area (TPSA) is 75.6 Å². The molecule has 7 heteroatoms. The predicted molar refractivity (Wildman–Crippen MR) is 66.6 cm³/mol. The number of ether oxygens (including phenoxy) is 1. The number of nitrogens with zero attached hydrogens (tertiary/aromatic N) is 3. The van der Waals surface area contributed by atoms with E-state index >= 15 is 0 Å². The Morgan fingerprint density at radius 2 is 2.44 bits per heavy atom. The van der Waals surface area contributed by atoms with Crippen molar-refractivity contribution in [2.45, 2.75) is 32.4 Å². The standard InChI is InChI=1S/C11H17N3O3S/c1-3-9-10(18-13-12-9)11(16)14-4-8(5-15)17-6-7(14)2/h7-8,15H,3-6H2,1-2H3. The summed E-state index contributed by atoms with van der Waals surface area (Å²) in [5, 5.41) is 13.1. The number of morpholine rings is 1. The van der Waals surface area contributed by atoms with Gasteiger partial charge in [0.25, 0.3) is 5.91 Å². The summed E-state index contributed by atoms with van der Waals surface area (Å²) < 4.78 is 9.26. The summed E-state index contributed by atoms with van der Waals surface area (Å²) in [5.41, 5.74) is 0.740. The SMILES string of the molecule is CCc1nnsc1C(=O)N1CC(CO)OCC1C. The minimum atomic E-state index is -0.295. The van der Waals surface area contributed by atoms with Gasteiger partial charge in [-0.2, -0.15) is 0 Å². The zero-order chi connectivity index (χ0) is 13.1. The highest BCUT2D eigenvalue weighted by molar-refractivity contribution is 7.08. The van der Waals surface area contributed by atoms with Gasteiger partial charge < -0.3 is 14.7 Å². The van der Waals surface area contributed by atoms with Gasteiger partial charge in [0.1, 0.15) is 4.88 Å². The van der Waals surface area contributed by atoms with Crippen LogP contribution in [-0.2, 0) is 11.2 Å². The first kappa shape index (κ1) is 13.4. The minimum absolute atomic E-state index is 0.00658. The molecule has 1 aromatic heterocycles. The van der Waals surface area contributed by atoms with Crippen LogP contribution in [0.2, 0.25) is 0 Å².